The van der Waals surface area contributed by atoms with Crippen molar-refractivity contribution >= 4 is 49.8 Å². The van der Waals surface area contributed by atoms with Crippen molar-refractivity contribution in [1.29, 1.82) is 0 Å². The van der Waals surface area contributed by atoms with Gasteiger partial charge in [-0.3, -0.25) is 0 Å². The smallest absolute Gasteiger partial charge is 0.135 e. The van der Waals surface area contributed by atoms with Gasteiger partial charge in [-0.15, -0.1) is 0 Å². The lowest BCUT2D eigenvalue weighted by molar-refractivity contribution is 0.660. The Bertz CT molecular complexity index is 2780. The van der Waals surface area contributed by atoms with E-state index in [9.17, 15) is 0 Å². The van der Waals surface area contributed by atoms with Crippen molar-refractivity contribution in [3.63, 3.8) is 0 Å². The summed E-state index contributed by atoms with van der Waals surface area (Å²) in [6.45, 7) is 4.75. The van der Waals surface area contributed by atoms with Gasteiger partial charge in [0.25, 0.3) is 0 Å². The van der Waals surface area contributed by atoms with Crippen LogP contribution in [-0.2, 0) is 5.41 Å². The van der Waals surface area contributed by atoms with Gasteiger partial charge < -0.3 is 9.32 Å². The number of fused-ring (bicyclic) bond motifs is 7. The van der Waals surface area contributed by atoms with E-state index in [0.717, 1.165) is 39.0 Å². The molecule has 0 amide bonds. The van der Waals surface area contributed by atoms with Gasteiger partial charge in [0.1, 0.15) is 11.2 Å². The molecule has 0 atom stereocenters. The van der Waals surface area contributed by atoms with Crippen molar-refractivity contribution in [1.82, 2.24) is 0 Å². The first kappa shape index (κ1) is 29.5. The van der Waals surface area contributed by atoms with E-state index in [2.05, 4.69) is 183 Å². The van der Waals surface area contributed by atoms with Crippen molar-refractivity contribution in [2.45, 2.75) is 19.3 Å². The minimum absolute atomic E-state index is 0.198. The average molecular weight is 654 g/mol. The summed E-state index contributed by atoms with van der Waals surface area (Å²) in [6.07, 6.45) is 0. The van der Waals surface area contributed by atoms with Crippen LogP contribution in [0.15, 0.2) is 180 Å². The number of hydrogen-bond donors (Lipinski definition) is 0. The quantitative estimate of drug-likeness (QED) is 0.184. The van der Waals surface area contributed by atoms with Crippen LogP contribution in [0.2, 0.25) is 0 Å². The van der Waals surface area contributed by atoms with Crippen LogP contribution in [0.25, 0.3) is 66.1 Å². The first-order valence-corrected chi connectivity index (χ1v) is 17.7. The molecule has 9 aromatic rings. The van der Waals surface area contributed by atoms with Crippen molar-refractivity contribution in [3.8, 4) is 33.4 Å². The molecule has 0 N–H and O–H groups in total. The van der Waals surface area contributed by atoms with Crippen LogP contribution in [0.1, 0.15) is 25.0 Å². The molecule has 1 heterocycles. The SMILES string of the molecule is CC1(C)c2cc(-c3cccc4ccccc34)ccc2-c2ccc(N(c3ccc4oc5ccccc5c4c3)c3ccccc3-c3ccccc3)cc21. The molecule has 0 fully saturated rings. The molecule has 1 aliphatic rings. The molecule has 1 aliphatic carbocycles. The Morgan fingerprint density at radius 3 is 1.92 bits per heavy atom. The highest BCUT2D eigenvalue weighted by molar-refractivity contribution is 6.07. The highest BCUT2D eigenvalue weighted by atomic mass is 16.3. The van der Waals surface area contributed by atoms with E-state index in [0.29, 0.717) is 0 Å². The van der Waals surface area contributed by atoms with Crippen molar-refractivity contribution in [2.24, 2.45) is 0 Å². The fraction of sp³-hybridized carbons (Fsp3) is 0.0612. The Labute approximate surface area is 297 Å². The maximum Gasteiger partial charge on any atom is 0.135 e. The maximum absolute atomic E-state index is 6.26. The lowest BCUT2D eigenvalue weighted by atomic mass is 9.81. The first-order valence-electron chi connectivity index (χ1n) is 17.7. The molecule has 2 heteroatoms. The zero-order valence-corrected chi connectivity index (χ0v) is 28.6. The number of benzene rings is 8. The van der Waals surface area contributed by atoms with Crippen LogP contribution >= 0.6 is 0 Å². The Morgan fingerprint density at radius 1 is 0.412 bits per heavy atom. The summed E-state index contributed by atoms with van der Waals surface area (Å²) in [6, 6.07) is 63.7. The molecule has 0 saturated carbocycles. The van der Waals surface area contributed by atoms with Gasteiger partial charge in [0.15, 0.2) is 0 Å². The molecular weight excluding hydrogens is 619 g/mol. The Morgan fingerprint density at radius 2 is 1.04 bits per heavy atom. The lowest BCUT2D eigenvalue weighted by Crippen LogP contribution is -2.17. The highest BCUT2D eigenvalue weighted by Crippen LogP contribution is 2.52. The summed E-state index contributed by atoms with van der Waals surface area (Å²) in [5.41, 5.74) is 15.1. The molecule has 0 radical (unpaired) electrons. The molecule has 0 aliphatic heterocycles. The van der Waals surface area contributed by atoms with Gasteiger partial charge in [0.05, 0.1) is 5.69 Å². The highest BCUT2D eigenvalue weighted by Gasteiger charge is 2.36. The number of anilines is 3. The van der Waals surface area contributed by atoms with Gasteiger partial charge in [-0.25, -0.2) is 0 Å². The van der Waals surface area contributed by atoms with Crippen LogP contribution < -0.4 is 4.90 Å². The third kappa shape index (κ3) is 4.64. The van der Waals surface area contributed by atoms with Crippen LogP contribution in [-0.4, -0.2) is 0 Å². The van der Waals surface area contributed by atoms with Gasteiger partial charge in [-0.2, -0.15) is 0 Å². The molecule has 1 aromatic heterocycles. The number of para-hydroxylation sites is 2. The van der Waals surface area contributed by atoms with E-state index >= 15 is 0 Å². The topological polar surface area (TPSA) is 16.4 Å². The van der Waals surface area contributed by atoms with Gasteiger partial charge in [-0.05, 0) is 98.2 Å². The zero-order chi connectivity index (χ0) is 34.1. The molecule has 0 unspecified atom stereocenters. The van der Waals surface area contributed by atoms with Crippen molar-refractivity contribution in [3.05, 3.63) is 187 Å². The van der Waals surface area contributed by atoms with Crippen molar-refractivity contribution < 1.29 is 4.42 Å². The maximum atomic E-state index is 6.26. The van der Waals surface area contributed by atoms with E-state index in [1.54, 1.807) is 0 Å². The second kappa shape index (κ2) is 11.3. The summed E-state index contributed by atoms with van der Waals surface area (Å²) in [5.74, 6) is 0. The average Bonchev–Trinajstić information content (AvgIpc) is 3.66. The lowest BCUT2D eigenvalue weighted by Gasteiger charge is -2.30. The van der Waals surface area contributed by atoms with E-state index in [-0.39, 0.29) is 5.41 Å². The summed E-state index contributed by atoms with van der Waals surface area (Å²) < 4.78 is 6.26. The fourth-order valence-corrected chi connectivity index (χ4v) is 8.32. The molecule has 8 aromatic carbocycles. The van der Waals surface area contributed by atoms with E-state index in [1.807, 2.05) is 12.1 Å². The van der Waals surface area contributed by atoms with Gasteiger partial charge in [0.2, 0.25) is 0 Å². The first-order chi connectivity index (χ1) is 25.0. The Kier molecular flexibility index (Phi) is 6.56. The predicted molar refractivity (Wildman–Crippen MR) is 214 cm³/mol. The molecule has 2 nitrogen and oxygen atoms in total. The molecule has 0 bridgehead atoms. The summed E-state index contributed by atoms with van der Waals surface area (Å²) in [4.78, 5) is 2.42. The molecule has 10 rings (SSSR count). The zero-order valence-electron chi connectivity index (χ0n) is 28.6. The minimum atomic E-state index is -0.198. The largest absolute Gasteiger partial charge is 0.456 e. The fourth-order valence-electron chi connectivity index (χ4n) is 8.32. The summed E-state index contributed by atoms with van der Waals surface area (Å²) in [7, 11) is 0. The van der Waals surface area contributed by atoms with Crippen LogP contribution in [0, 0.1) is 0 Å². The van der Waals surface area contributed by atoms with Crippen LogP contribution in [0.5, 0.6) is 0 Å². The normalized spacial score (nSPS) is 13.1. The summed E-state index contributed by atoms with van der Waals surface area (Å²) in [5, 5.41) is 4.78. The van der Waals surface area contributed by atoms with Gasteiger partial charge >= 0.3 is 0 Å². The standard InChI is InChI=1S/C49H35NO/c1-49(2)44-29-34(38-20-12-16-32-15-6-7-17-37(32)38)23-26-40(44)41-27-24-36(31-45(41)49)50(46-21-10-8-18-39(46)33-13-4-3-5-14-33)35-25-28-48-43(30-35)42-19-9-11-22-47(42)51-48/h3-31H,1-2H3. The van der Waals surface area contributed by atoms with Gasteiger partial charge in [0, 0.05) is 33.1 Å². The number of rotatable bonds is 5. The van der Waals surface area contributed by atoms with Crippen LogP contribution in [0.4, 0.5) is 17.1 Å². The van der Waals surface area contributed by atoms with Crippen molar-refractivity contribution in [2.75, 3.05) is 4.90 Å². The number of hydrogen-bond acceptors (Lipinski definition) is 2. The third-order valence-electron chi connectivity index (χ3n) is 10.9. The predicted octanol–water partition coefficient (Wildman–Crippen LogP) is 13.8. The van der Waals surface area contributed by atoms with E-state index < -0.39 is 0 Å². The Balaban J connectivity index is 1.15. The number of nitrogens with zero attached hydrogens (tertiary/aromatic N) is 1. The second-order valence-electron chi connectivity index (χ2n) is 14.1. The monoisotopic (exact) mass is 653 g/mol. The second-order valence-corrected chi connectivity index (χ2v) is 14.1. The summed E-state index contributed by atoms with van der Waals surface area (Å²) >= 11 is 0. The minimum Gasteiger partial charge on any atom is -0.456 e. The van der Waals surface area contributed by atoms with E-state index in [1.165, 1.54) is 55.3 Å². The molecule has 0 saturated heterocycles. The molecule has 51 heavy (non-hydrogen) atoms. The number of furan rings is 1. The molecule has 0 spiro atoms. The third-order valence-corrected chi connectivity index (χ3v) is 10.9. The van der Waals surface area contributed by atoms with E-state index in [4.69, 9.17) is 4.42 Å². The van der Waals surface area contributed by atoms with Crippen LogP contribution in [0.3, 0.4) is 0 Å². The molecule has 242 valence electrons. The van der Waals surface area contributed by atoms with Gasteiger partial charge in [-0.1, -0.05) is 141 Å². The Hall–Kier alpha value is -6.38. The molecular formula is C49H35NO.